The number of hydrogen-bond acceptors (Lipinski definition) is 4. The van der Waals surface area contributed by atoms with Gasteiger partial charge in [-0.1, -0.05) is 24.3 Å². The molecule has 2 aromatic rings. The summed E-state index contributed by atoms with van der Waals surface area (Å²) in [4.78, 5) is 22.9. The minimum absolute atomic E-state index is 0.00907. The van der Waals surface area contributed by atoms with Crippen LogP contribution in [0, 0.1) is 5.92 Å². The minimum atomic E-state index is -0.748. The molecule has 0 aliphatic heterocycles. The van der Waals surface area contributed by atoms with Gasteiger partial charge in [0.05, 0.1) is 12.2 Å². The predicted molar refractivity (Wildman–Crippen MR) is 96.0 cm³/mol. The maximum atomic E-state index is 12.0. The average Bonchev–Trinajstić information content (AvgIpc) is 3.20. The van der Waals surface area contributed by atoms with Crippen molar-refractivity contribution in [2.24, 2.45) is 5.92 Å². The summed E-state index contributed by atoms with van der Waals surface area (Å²) < 4.78 is 9.48. The Balaban J connectivity index is 1.61. The van der Waals surface area contributed by atoms with Gasteiger partial charge in [0.1, 0.15) is 10.1 Å². The van der Waals surface area contributed by atoms with E-state index in [1.165, 1.54) is 6.92 Å². The molecule has 1 fully saturated rings. The van der Waals surface area contributed by atoms with Crippen LogP contribution in [0.1, 0.15) is 23.7 Å². The third-order valence-corrected chi connectivity index (χ3v) is 4.87. The van der Waals surface area contributed by atoms with E-state index in [0.717, 1.165) is 11.1 Å². The zero-order chi connectivity index (χ0) is 18.0. The lowest BCUT2D eigenvalue weighted by Gasteiger charge is -2.07. The smallest absolute Gasteiger partial charge is 0.338 e. The van der Waals surface area contributed by atoms with Crippen molar-refractivity contribution in [1.82, 2.24) is 0 Å². The van der Waals surface area contributed by atoms with Crippen LogP contribution < -0.4 is 4.74 Å². The topological polar surface area (TPSA) is 52.6 Å². The fraction of sp³-hybridized carbons (Fsp3) is 0.263. The van der Waals surface area contributed by atoms with Gasteiger partial charge in [0.15, 0.2) is 0 Å². The monoisotopic (exact) mass is 378 g/mol. The van der Waals surface area contributed by atoms with Crippen LogP contribution in [0.4, 0.5) is 0 Å². The van der Waals surface area contributed by atoms with Crippen molar-refractivity contribution >= 4 is 35.1 Å². The standard InChI is InChI=1S/C19H16Cl2O4/c1-12(22)25-17-8-6-14(7-9-17)13-2-4-15(5-3-13)18(23)24-11-16-10-19(16,20)21/h2-9,16H,10-11H2,1H3/t16-/m1/s1. The molecule has 0 saturated heterocycles. The summed E-state index contributed by atoms with van der Waals surface area (Å²) in [6, 6.07) is 14.2. The van der Waals surface area contributed by atoms with E-state index in [4.69, 9.17) is 32.7 Å². The number of benzene rings is 2. The van der Waals surface area contributed by atoms with Crippen molar-refractivity contribution in [3.05, 3.63) is 54.1 Å². The van der Waals surface area contributed by atoms with Gasteiger partial charge in [-0.05, 0) is 41.8 Å². The molecule has 0 amide bonds. The Labute approximate surface area is 155 Å². The third-order valence-electron chi connectivity index (χ3n) is 3.94. The Morgan fingerprint density at radius 2 is 1.56 bits per heavy atom. The molecule has 130 valence electrons. The summed E-state index contributed by atoms with van der Waals surface area (Å²) in [5.74, 6) is -0.254. The molecule has 6 heteroatoms. The Bertz CT molecular complexity index is 782. The molecule has 1 atom stereocenters. The van der Waals surface area contributed by atoms with Crippen molar-refractivity contribution in [1.29, 1.82) is 0 Å². The average molecular weight is 379 g/mol. The SMILES string of the molecule is CC(=O)Oc1ccc(-c2ccc(C(=O)OC[C@H]3CC3(Cl)Cl)cc2)cc1. The second kappa shape index (κ2) is 7.06. The molecule has 0 spiro atoms. The quantitative estimate of drug-likeness (QED) is 0.432. The fourth-order valence-electron chi connectivity index (χ4n) is 2.39. The molecule has 1 saturated carbocycles. The number of halogens is 2. The van der Waals surface area contributed by atoms with Gasteiger partial charge in [-0.25, -0.2) is 4.79 Å². The highest BCUT2D eigenvalue weighted by Crippen LogP contribution is 2.53. The lowest BCUT2D eigenvalue weighted by atomic mass is 10.0. The lowest BCUT2D eigenvalue weighted by Crippen LogP contribution is -2.09. The van der Waals surface area contributed by atoms with Crippen LogP contribution in [-0.2, 0) is 9.53 Å². The molecular weight excluding hydrogens is 363 g/mol. The van der Waals surface area contributed by atoms with E-state index in [-0.39, 0.29) is 18.5 Å². The van der Waals surface area contributed by atoms with Crippen LogP contribution in [0.2, 0.25) is 0 Å². The molecule has 0 aromatic heterocycles. The maximum Gasteiger partial charge on any atom is 0.338 e. The van der Waals surface area contributed by atoms with Gasteiger partial charge in [-0.3, -0.25) is 4.79 Å². The number of carbonyl (C=O) groups is 2. The normalized spacial score (nSPS) is 17.6. The summed E-state index contributed by atoms with van der Waals surface area (Å²) in [5, 5.41) is 0. The van der Waals surface area contributed by atoms with Crippen molar-refractivity contribution in [3.63, 3.8) is 0 Å². The highest BCUT2D eigenvalue weighted by atomic mass is 35.5. The van der Waals surface area contributed by atoms with Gasteiger partial charge in [0.2, 0.25) is 0 Å². The van der Waals surface area contributed by atoms with E-state index >= 15 is 0 Å². The zero-order valence-electron chi connectivity index (χ0n) is 13.5. The largest absolute Gasteiger partial charge is 0.462 e. The van der Waals surface area contributed by atoms with Gasteiger partial charge >= 0.3 is 11.9 Å². The van der Waals surface area contributed by atoms with E-state index in [1.807, 2.05) is 24.3 Å². The zero-order valence-corrected chi connectivity index (χ0v) is 15.0. The highest BCUT2D eigenvalue weighted by Gasteiger charge is 2.52. The van der Waals surface area contributed by atoms with Crippen molar-refractivity contribution in [2.75, 3.05) is 6.61 Å². The van der Waals surface area contributed by atoms with Crippen LogP contribution in [0.15, 0.2) is 48.5 Å². The fourth-order valence-corrected chi connectivity index (χ4v) is 2.89. The summed E-state index contributed by atoms with van der Waals surface area (Å²) in [7, 11) is 0. The molecule has 0 radical (unpaired) electrons. The molecule has 2 aromatic carbocycles. The van der Waals surface area contributed by atoms with E-state index in [2.05, 4.69) is 0 Å². The van der Waals surface area contributed by atoms with Crippen molar-refractivity contribution < 1.29 is 19.1 Å². The molecule has 1 aliphatic carbocycles. The number of esters is 2. The first kappa shape index (κ1) is 17.8. The third kappa shape index (κ3) is 4.53. The van der Waals surface area contributed by atoms with Crippen LogP contribution >= 0.6 is 23.2 Å². The molecule has 0 unspecified atom stereocenters. The van der Waals surface area contributed by atoms with Crippen molar-refractivity contribution in [2.45, 2.75) is 17.7 Å². The van der Waals surface area contributed by atoms with Crippen LogP contribution in [0.3, 0.4) is 0 Å². The summed E-state index contributed by atoms with van der Waals surface area (Å²) >= 11 is 11.8. The van der Waals surface area contributed by atoms with Crippen LogP contribution in [-0.4, -0.2) is 22.9 Å². The number of alkyl halides is 2. The van der Waals surface area contributed by atoms with E-state index in [0.29, 0.717) is 17.7 Å². The second-order valence-electron chi connectivity index (χ2n) is 5.96. The first-order valence-electron chi connectivity index (χ1n) is 7.79. The first-order chi connectivity index (χ1) is 11.8. The van der Waals surface area contributed by atoms with E-state index < -0.39 is 10.3 Å². The Morgan fingerprint density at radius 3 is 2.04 bits per heavy atom. The molecule has 4 nitrogen and oxygen atoms in total. The number of carbonyl (C=O) groups excluding carboxylic acids is 2. The van der Waals surface area contributed by atoms with Gasteiger partial charge in [-0.2, -0.15) is 0 Å². The van der Waals surface area contributed by atoms with Gasteiger partial charge in [0, 0.05) is 12.8 Å². The Kier molecular flexibility index (Phi) is 5.02. The Hall–Kier alpha value is -2.04. The molecule has 0 N–H and O–H groups in total. The van der Waals surface area contributed by atoms with Crippen molar-refractivity contribution in [3.8, 4) is 16.9 Å². The molecule has 0 bridgehead atoms. The molecule has 1 aliphatic rings. The van der Waals surface area contributed by atoms with Crippen LogP contribution in [0.25, 0.3) is 11.1 Å². The molecular formula is C19H16Cl2O4. The molecule has 0 heterocycles. The van der Waals surface area contributed by atoms with Gasteiger partial charge < -0.3 is 9.47 Å². The molecule has 3 rings (SSSR count). The Morgan fingerprint density at radius 1 is 1.04 bits per heavy atom. The van der Waals surface area contributed by atoms with Crippen LogP contribution in [0.5, 0.6) is 5.75 Å². The number of rotatable bonds is 5. The first-order valence-corrected chi connectivity index (χ1v) is 8.54. The summed E-state index contributed by atoms with van der Waals surface area (Å²) in [6.45, 7) is 1.58. The summed E-state index contributed by atoms with van der Waals surface area (Å²) in [5.41, 5.74) is 2.35. The van der Waals surface area contributed by atoms with E-state index in [1.54, 1.807) is 24.3 Å². The number of ether oxygens (including phenoxy) is 2. The van der Waals surface area contributed by atoms with E-state index in [9.17, 15) is 9.59 Å². The number of hydrogen-bond donors (Lipinski definition) is 0. The molecule has 25 heavy (non-hydrogen) atoms. The van der Waals surface area contributed by atoms with Gasteiger partial charge in [-0.15, -0.1) is 23.2 Å². The predicted octanol–water partition coefficient (Wildman–Crippen LogP) is 4.63. The summed E-state index contributed by atoms with van der Waals surface area (Å²) in [6.07, 6.45) is 0.645. The second-order valence-corrected chi connectivity index (χ2v) is 7.50. The highest BCUT2D eigenvalue weighted by molar-refractivity contribution is 6.50. The minimum Gasteiger partial charge on any atom is -0.462 e. The van der Waals surface area contributed by atoms with Gasteiger partial charge in [0.25, 0.3) is 0 Å². The maximum absolute atomic E-state index is 12.0. The lowest BCUT2D eigenvalue weighted by molar-refractivity contribution is -0.131.